The fraction of sp³-hybridized carbons (Fsp3) is 0. The highest BCUT2D eigenvalue weighted by Gasteiger charge is 2.10. The molecule has 4 rings (SSSR count). The van der Waals surface area contributed by atoms with Gasteiger partial charge in [-0.2, -0.15) is 5.10 Å². The lowest BCUT2D eigenvalue weighted by Gasteiger charge is -2.03. The highest BCUT2D eigenvalue weighted by molar-refractivity contribution is 7.91. The lowest BCUT2D eigenvalue weighted by Crippen LogP contribution is -2.09. The molecule has 0 bridgehead atoms. The maximum absolute atomic E-state index is 11.4. The number of halogens is 1. The number of aromatic nitrogens is 2. The van der Waals surface area contributed by atoms with E-state index in [1.165, 1.54) is 6.07 Å². The monoisotopic (exact) mass is 413 g/mol. The average Bonchev–Trinajstić information content (AvgIpc) is 3.27. The zero-order valence-electron chi connectivity index (χ0n) is 13.8. The minimum Gasteiger partial charge on any atom is -0.240 e. The maximum Gasteiger partial charge on any atom is 0.247 e. The summed E-state index contributed by atoms with van der Waals surface area (Å²) in [5.41, 5.74) is 3.67. The van der Waals surface area contributed by atoms with Gasteiger partial charge in [-0.1, -0.05) is 35.6 Å². The van der Waals surface area contributed by atoms with Crippen LogP contribution in [0.2, 0.25) is 5.02 Å². The zero-order chi connectivity index (χ0) is 19.0. The van der Waals surface area contributed by atoms with Gasteiger partial charge in [0.25, 0.3) is 0 Å². The third kappa shape index (κ3) is 3.75. The van der Waals surface area contributed by atoms with E-state index in [1.54, 1.807) is 16.8 Å². The Balaban J connectivity index is 1.72. The second-order valence-corrected chi connectivity index (χ2v) is 9.03. The topological polar surface area (TPSA) is 77.5 Å². The molecule has 0 aliphatic rings. The van der Waals surface area contributed by atoms with Gasteiger partial charge in [-0.25, -0.2) is 18.1 Å². The molecule has 2 N–H and O–H groups in total. The van der Waals surface area contributed by atoms with Gasteiger partial charge in [0.1, 0.15) is 4.21 Å². The van der Waals surface area contributed by atoms with Gasteiger partial charge in [-0.15, -0.1) is 11.3 Å². The van der Waals surface area contributed by atoms with Crippen LogP contribution in [0.5, 0.6) is 0 Å². The second kappa shape index (κ2) is 6.83. The summed E-state index contributed by atoms with van der Waals surface area (Å²) in [4.78, 5) is 0.618. The van der Waals surface area contributed by atoms with Gasteiger partial charge in [0, 0.05) is 11.2 Å². The van der Waals surface area contributed by atoms with Crippen molar-refractivity contribution in [2.45, 2.75) is 4.21 Å². The number of rotatable bonds is 2. The van der Waals surface area contributed by atoms with Crippen molar-refractivity contribution >= 4 is 38.5 Å². The number of sulfonamides is 1. The van der Waals surface area contributed by atoms with Crippen LogP contribution in [0.4, 0.5) is 0 Å². The van der Waals surface area contributed by atoms with Gasteiger partial charge in [0.05, 0.1) is 22.2 Å². The van der Waals surface area contributed by atoms with Gasteiger partial charge in [-0.3, -0.25) is 0 Å². The number of hydrogen-bond donors (Lipinski definition) is 1. The van der Waals surface area contributed by atoms with E-state index in [9.17, 15) is 8.42 Å². The lowest BCUT2D eigenvalue weighted by molar-refractivity contribution is 0.600. The van der Waals surface area contributed by atoms with Gasteiger partial charge >= 0.3 is 0 Å². The van der Waals surface area contributed by atoms with E-state index >= 15 is 0 Å². The second-order valence-electron chi connectivity index (χ2n) is 5.72. The molecule has 0 aliphatic heterocycles. The minimum absolute atomic E-state index is 0.0942. The Labute approximate surface area is 165 Å². The quantitative estimate of drug-likeness (QED) is 0.508. The molecule has 5 nitrogen and oxygen atoms in total. The molecule has 0 radical (unpaired) electrons. The summed E-state index contributed by atoms with van der Waals surface area (Å²) < 4.78 is 24.6. The molecule has 0 unspecified atom stereocenters. The molecule has 4 aromatic rings. The van der Waals surface area contributed by atoms with Gasteiger partial charge in [0.15, 0.2) is 0 Å². The number of hydrogen-bond acceptors (Lipinski definition) is 4. The summed E-state index contributed by atoms with van der Waals surface area (Å²) >= 11 is 7.00. The van der Waals surface area contributed by atoms with Crippen LogP contribution in [0.25, 0.3) is 16.6 Å². The van der Waals surface area contributed by atoms with Crippen LogP contribution in [-0.2, 0) is 10.0 Å². The van der Waals surface area contributed by atoms with E-state index in [1.807, 2.05) is 42.6 Å². The number of thiophene rings is 1. The molecule has 134 valence electrons. The smallest absolute Gasteiger partial charge is 0.240 e. The van der Waals surface area contributed by atoms with Crippen LogP contribution in [-0.4, -0.2) is 18.0 Å². The van der Waals surface area contributed by atoms with E-state index < -0.39 is 10.0 Å². The first kappa shape index (κ1) is 17.8. The van der Waals surface area contributed by atoms with Crippen LogP contribution >= 0.6 is 22.9 Å². The van der Waals surface area contributed by atoms with E-state index in [2.05, 4.69) is 16.9 Å². The van der Waals surface area contributed by atoms with Crippen molar-refractivity contribution in [2.75, 3.05) is 0 Å². The molecule has 0 fully saturated rings. The molecule has 0 saturated carbocycles. The maximum atomic E-state index is 11.4. The molecule has 0 saturated heterocycles. The summed E-state index contributed by atoms with van der Waals surface area (Å²) in [6, 6.07) is 14.7. The molecule has 0 spiro atoms. The Morgan fingerprint density at radius 1 is 1.04 bits per heavy atom. The van der Waals surface area contributed by atoms with Crippen molar-refractivity contribution in [1.82, 2.24) is 9.61 Å². The Morgan fingerprint density at radius 2 is 1.81 bits per heavy atom. The molecule has 0 aliphatic carbocycles. The van der Waals surface area contributed by atoms with Crippen molar-refractivity contribution in [1.29, 1.82) is 0 Å². The summed E-state index contributed by atoms with van der Waals surface area (Å²) in [5, 5.41) is 10.1. The Morgan fingerprint density at radius 3 is 2.52 bits per heavy atom. The predicted octanol–water partition coefficient (Wildman–Crippen LogP) is 3.76. The number of fused-ring (bicyclic) bond motifs is 1. The van der Waals surface area contributed by atoms with Crippen molar-refractivity contribution in [3.05, 3.63) is 76.4 Å². The fourth-order valence-electron chi connectivity index (χ4n) is 2.57. The molecule has 8 heteroatoms. The summed E-state index contributed by atoms with van der Waals surface area (Å²) in [6.07, 6.45) is 3.55. The average molecular weight is 414 g/mol. The van der Waals surface area contributed by atoms with E-state index in [-0.39, 0.29) is 4.21 Å². The van der Waals surface area contributed by atoms with Crippen LogP contribution in [0.3, 0.4) is 0 Å². The normalized spacial score (nSPS) is 11.3. The molecule has 3 aromatic heterocycles. The van der Waals surface area contributed by atoms with Crippen molar-refractivity contribution in [3.63, 3.8) is 0 Å². The SMILES string of the molecule is NS(=O)(=O)c1ccc(C#Cc2cnn3ccc(-c4ccc(Cl)cc4)cc23)s1. The first-order chi connectivity index (χ1) is 12.9. The van der Waals surface area contributed by atoms with Crippen molar-refractivity contribution in [2.24, 2.45) is 5.14 Å². The lowest BCUT2D eigenvalue weighted by atomic mass is 10.1. The third-order valence-electron chi connectivity index (χ3n) is 3.88. The van der Waals surface area contributed by atoms with E-state index in [0.717, 1.165) is 33.5 Å². The van der Waals surface area contributed by atoms with Crippen LogP contribution < -0.4 is 5.14 Å². The van der Waals surface area contributed by atoms with Crippen LogP contribution in [0, 0.1) is 11.8 Å². The zero-order valence-corrected chi connectivity index (χ0v) is 16.1. The molecule has 3 heterocycles. The predicted molar refractivity (Wildman–Crippen MR) is 107 cm³/mol. The Bertz CT molecular complexity index is 1310. The first-order valence-corrected chi connectivity index (χ1v) is 10.5. The Kier molecular flexibility index (Phi) is 4.50. The van der Waals surface area contributed by atoms with Crippen LogP contribution in [0.1, 0.15) is 10.4 Å². The van der Waals surface area contributed by atoms with E-state index in [0.29, 0.717) is 9.90 Å². The first-order valence-electron chi connectivity index (χ1n) is 7.78. The van der Waals surface area contributed by atoms with Crippen molar-refractivity contribution < 1.29 is 8.42 Å². The number of nitrogens with two attached hydrogens (primary N) is 1. The molecule has 0 amide bonds. The number of nitrogens with zero attached hydrogens (tertiary/aromatic N) is 2. The highest BCUT2D eigenvalue weighted by Crippen LogP contribution is 2.24. The molecule has 1 aromatic carbocycles. The number of pyridine rings is 1. The van der Waals surface area contributed by atoms with Gasteiger partial charge in [-0.05, 0) is 47.5 Å². The van der Waals surface area contributed by atoms with Crippen LogP contribution in [0.15, 0.2) is 65.1 Å². The van der Waals surface area contributed by atoms with Crippen molar-refractivity contribution in [3.8, 4) is 23.0 Å². The van der Waals surface area contributed by atoms with Gasteiger partial charge < -0.3 is 0 Å². The minimum atomic E-state index is -3.70. The standard InChI is InChI=1S/C19H12ClN3O2S2/c20-16-4-1-13(2-5-16)14-9-10-23-18(11-14)15(12-22-23)3-6-17-7-8-19(26-17)27(21,24)25/h1-2,4-5,7-12H,(H2,21,24,25). The summed E-state index contributed by atoms with van der Waals surface area (Å²) in [6.45, 7) is 0. The number of primary sulfonamides is 1. The molecule has 0 atom stereocenters. The Hall–Kier alpha value is -2.63. The highest BCUT2D eigenvalue weighted by atomic mass is 35.5. The molecular weight excluding hydrogens is 402 g/mol. The summed E-state index contributed by atoms with van der Waals surface area (Å²) in [5.74, 6) is 6.03. The number of benzene rings is 1. The summed E-state index contributed by atoms with van der Waals surface area (Å²) in [7, 11) is -3.70. The third-order valence-corrected chi connectivity index (χ3v) is 6.57. The van der Waals surface area contributed by atoms with Gasteiger partial charge in [0.2, 0.25) is 10.0 Å². The van der Waals surface area contributed by atoms with E-state index in [4.69, 9.17) is 16.7 Å². The molecular formula is C19H12ClN3O2S2. The fourth-order valence-corrected chi connectivity index (χ4v) is 4.28. The molecule has 27 heavy (non-hydrogen) atoms. The largest absolute Gasteiger partial charge is 0.247 e.